The molecule has 0 bridgehead atoms. The monoisotopic (exact) mass is 234 g/mol. The topological polar surface area (TPSA) is 50.4 Å². The average molecular weight is 234 g/mol. The van der Waals surface area contributed by atoms with E-state index < -0.39 is 0 Å². The second-order valence-electron chi connectivity index (χ2n) is 4.39. The molecular weight excluding hydrogens is 216 g/mol. The summed E-state index contributed by atoms with van der Waals surface area (Å²) in [6.45, 7) is 5.87. The number of anilines is 1. The lowest BCUT2D eigenvalue weighted by Crippen LogP contribution is -2.48. The predicted molar refractivity (Wildman–Crippen MR) is 67.2 cm³/mol. The summed E-state index contributed by atoms with van der Waals surface area (Å²) in [4.78, 5) is 12.0. The highest BCUT2D eigenvalue weighted by Gasteiger charge is 2.21. The third kappa shape index (κ3) is 3.05. The molecule has 92 valence electrons. The van der Waals surface area contributed by atoms with E-state index in [-0.39, 0.29) is 11.9 Å². The summed E-state index contributed by atoms with van der Waals surface area (Å²) >= 11 is 0. The van der Waals surface area contributed by atoms with Crippen LogP contribution in [0.2, 0.25) is 0 Å². The highest BCUT2D eigenvalue weighted by atomic mass is 16.5. The lowest BCUT2D eigenvalue weighted by atomic mass is 10.1. The van der Waals surface area contributed by atoms with Gasteiger partial charge >= 0.3 is 0 Å². The second kappa shape index (κ2) is 5.29. The van der Waals surface area contributed by atoms with Crippen LogP contribution in [0.1, 0.15) is 11.1 Å². The summed E-state index contributed by atoms with van der Waals surface area (Å²) in [5.74, 6) is -0.0309. The van der Waals surface area contributed by atoms with Gasteiger partial charge in [-0.2, -0.15) is 0 Å². The summed E-state index contributed by atoms with van der Waals surface area (Å²) in [7, 11) is 0. The number of nitrogens with one attached hydrogen (secondary N) is 2. The van der Waals surface area contributed by atoms with Crippen molar-refractivity contribution in [2.45, 2.75) is 19.9 Å². The van der Waals surface area contributed by atoms with E-state index in [2.05, 4.69) is 16.7 Å². The molecule has 0 aromatic heterocycles. The third-order valence-corrected chi connectivity index (χ3v) is 2.88. The molecule has 17 heavy (non-hydrogen) atoms. The predicted octanol–water partition coefficient (Wildman–Crippen LogP) is 1.23. The van der Waals surface area contributed by atoms with Crippen LogP contribution in [-0.4, -0.2) is 31.7 Å². The molecule has 1 saturated heterocycles. The zero-order valence-corrected chi connectivity index (χ0v) is 10.2. The molecule has 4 heteroatoms. The SMILES string of the molecule is Cc1ccc(NC(=O)C2COCCN2)c(C)c1. The van der Waals surface area contributed by atoms with E-state index in [4.69, 9.17) is 4.74 Å². The van der Waals surface area contributed by atoms with Crippen molar-refractivity contribution in [1.82, 2.24) is 5.32 Å². The molecule has 1 aromatic carbocycles. The van der Waals surface area contributed by atoms with Crippen LogP contribution in [0.5, 0.6) is 0 Å². The summed E-state index contributed by atoms with van der Waals surface area (Å²) in [5.41, 5.74) is 3.14. The molecule has 1 aliphatic heterocycles. The largest absolute Gasteiger partial charge is 0.378 e. The van der Waals surface area contributed by atoms with Gasteiger partial charge in [0.25, 0.3) is 0 Å². The van der Waals surface area contributed by atoms with Crippen molar-refractivity contribution in [2.24, 2.45) is 0 Å². The van der Waals surface area contributed by atoms with Gasteiger partial charge in [-0.25, -0.2) is 0 Å². The molecule has 1 aliphatic rings. The van der Waals surface area contributed by atoms with E-state index in [0.717, 1.165) is 17.8 Å². The number of benzene rings is 1. The first-order chi connectivity index (χ1) is 8.16. The Hall–Kier alpha value is -1.39. The zero-order valence-electron chi connectivity index (χ0n) is 10.2. The fourth-order valence-electron chi connectivity index (χ4n) is 1.91. The molecular formula is C13H18N2O2. The quantitative estimate of drug-likeness (QED) is 0.809. The van der Waals surface area contributed by atoms with Gasteiger partial charge in [0, 0.05) is 12.2 Å². The molecule has 1 aromatic rings. The molecule has 0 aliphatic carbocycles. The maximum atomic E-state index is 12.0. The van der Waals surface area contributed by atoms with E-state index >= 15 is 0 Å². The Morgan fingerprint density at radius 1 is 1.47 bits per heavy atom. The molecule has 0 saturated carbocycles. The lowest BCUT2D eigenvalue weighted by molar-refractivity contribution is -0.120. The van der Waals surface area contributed by atoms with Crippen molar-refractivity contribution in [3.05, 3.63) is 29.3 Å². The summed E-state index contributed by atoms with van der Waals surface area (Å²) < 4.78 is 5.27. The van der Waals surface area contributed by atoms with Crippen molar-refractivity contribution in [3.8, 4) is 0 Å². The molecule has 1 fully saturated rings. The number of amides is 1. The zero-order chi connectivity index (χ0) is 12.3. The fraction of sp³-hybridized carbons (Fsp3) is 0.462. The first kappa shape index (κ1) is 12.1. The lowest BCUT2D eigenvalue weighted by Gasteiger charge is -2.23. The van der Waals surface area contributed by atoms with Crippen LogP contribution >= 0.6 is 0 Å². The standard InChI is InChI=1S/C13H18N2O2/c1-9-3-4-11(10(2)7-9)15-13(16)12-8-17-6-5-14-12/h3-4,7,12,14H,5-6,8H2,1-2H3,(H,15,16). The van der Waals surface area contributed by atoms with Gasteiger partial charge in [0.2, 0.25) is 5.91 Å². The Kier molecular flexibility index (Phi) is 3.76. The van der Waals surface area contributed by atoms with E-state index in [1.807, 2.05) is 26.0 Å². The number of morpholine rings is 1. The number of ether oxygens (including phenoxy) is 1. The maximum Gasteiger partial charge on any atom is 0.243 e. The normalized spacial score (nSPS) is 20.0. The van der Waals surface area contributed by atoms with Crippen LogP contribution in [0.25, 0.3) is 0 Å². The highest BCUT2D eigenvalue weighted by molar-refractivity contribution is 5.95. The first-order valence-corrected chi connectivity index (χ1v) is 5.86. The summed E-state index contributed by atoms with van der Waals surface area (Å²) in [5, 5.41) is 6.06. The number of rotatable bonds is 2. The molecule has 1 unspecified atom stereocenters. The van der Waals surface area contributed by atoms with Crippen LogP contribution in [0.15, 0.2) is 18.2 Å². The van der Waals surface area contributed by atoms with Crippen molar-refractivity contribution >= 4 is 11.6 Å². The second-order valence-corrected chi connectivity index (χ2v) is 4.39. The van der Waals surface area contributed by atoms with E-state index in [1.54, 1.807) is 0 Å². The Morgan fingerprint density at radius 2 is 2.29 bits per heavy atom. The molecule has 1 amide bonds. The number of carbonyl (C=O) groups is 1. The van der Waals surface area contributed by atoms with Crippen molar-refractivity contribution in [1.29, 1.82) is 0 Å². The first-order valence-electron chi connectivity index (χ1n) is 5.86. The van der Waals surface area contributed by atoms with Crippen molar-refractivity contribution in [3.63, 3.8) is 0 Å². The van der Waals surface area contributed by atoms with Crippen LogP contribution in [0.4, 0.5) is 5.69 Å². The molecule has 2 rings (SSSR count). The van der Waals surface area contributed by atoms with Gasteiger partial charge in [-0.05, 0) is 25.5 Å². The van der Waals surface area contributed by atoms with Crippen LogP contribution in [0.3, 0.4) is 0 Å². The van der Waals surface area contributed by atoms with Gasteiger partial charge in [0.05, 0.1) is 13.2 Å². The molecule has 1 heterocycles. The van der Waals surface area contributed by atoms with Gasteiger partial charge < -0.3 is 15.4 Å². The molecule has 4 nitrogen and oxygen atoms in total. The Bertz CT molecular complexity index is 412. The van der Waals surface area contributed by atoms with Gasteiger partial charge in [0.1, 0.15) is 6.04 Å². The fourth-order valence-corrected chi connectivity index (χ4v) is 1.91. The van der Waals surface area contributed by atoms with E-state index in [9.17, 15) is 4.79 Å². The van der Waals surface area contributed by atoms with Crippen LogP contribution in [0, 0.1) is 13.8 Å². The highest BCUT2D eigenvalue weighted by Crippen LogP contribution is 2.16. The number of aryl methyl sites for hydroxylation is 2. The molecule has 1 atom stereocenters. The Balaban J connectivity index is 2.02. The third-order valence-electron chi connectivity index (χ3n) is 2.88. The van der Waals surface area contributed by atoms with Crippen molar-refractivity contribution < 1.29 is 9.53 Å². The molecule has 0 spiro atoms. The van der Waals surface area contributed by atoms with Gasteiger partial charge in [-0.3, -0.25) is 4.79 Å². The van der Waals surface area contributed by atoms with Gasteiger partial charge in [-0.15, -0.1) is 0 Å². The van der Waals surface area contributed by atoms with E-state index in [1.165, 1.54) is 5.56 Å². The maximum absolute atomic E-state index is 12.0. The Labute approximate surface area is 101 Å². The average Bonchev–Trinajstić information content (AvgIpc) is 2.34. The minimum atomic E-state index is -0.246. The van der Waals surface area contributed by atoms with Gasteiger partial charge in [-0.1, -0.05) is 17.7 Å². The van der Waals surface area contributed by atoms with Crippen LogP contribution in [-0.2, 0) is 9.53 Å². The van der Waals surface area contributed by atoms with Crippen LogP contribution < -0.4 is 10.6 Å². The smallest absolute Gasteiger partial charge is 0.243 e. The summed E-state index contributed by atoms with van der Waals surface area (Å²) in [6, 6.07) is 5.74. The minimum absolute atomic E-state index is 0.0309. The minimum Gasteiger partial charge on any atom is -0.378 e. The van der Waals surface area contributed by atoms with Gasteiger partial charge in [0.15, 0.2) is 0 Å². The molecule has 0 radical (unpaired) electrons. The summed E-state index contributed by atoms with van der Waals surface area (Å²) in [6.07, 6.45) is 0. The number of carbonyl (C=O) groups excluding carboxylic acids is 1. The Morgan fingerprint density at radius 3 is 2.94 bits per heavy atom. The molecule has 2 N–H and O–H groups in total. The van der Waals surface area contributed by atoms with E-state index in [0.29, 0.717) is 13.2 Å². The number of hydrogen-bond acceptors (Lipinski definition) is 3. The number of hydrogen-bond donors (Lipinski definition) is 2. The van der Waals surface area contributed by atoms with Crippen molar-refractivity contribution in [2.75, 3.05) is 25.1 Å².